The van der Waals surface area contributed by atoms with E-state index in [4.69, 9.17) is 4.98 Å². The fourth-order valence-electron chi connectivity index (χ4n) is 4.50. The zero-order valence-electron chi connectivity index (χ0n) is 19.9. The van der Waals surface area contributed by atoms with Gasteiger partial charge in [-0.15, -0.1) is 0 Å². The first-order valence-corrected chi connectivity index (χ1v) is 12.0. The summed E-state index contributed by atoms with van der Waals surface area (Å²) < 4.78 is 0. The Bertz CT molecular complexity index is 1300. The predicted octanol–water partition coefficient (Wildman–Crippen LogP) is 4.97. The Kier molecular flexibility index (Phi) is 6.71. The third kappa shape index (κ3) is 5.10. The molecule has 2 atom stereocenters. The largest absolute Gasteiger partial charge is 0.465 e. The molecule has 3 aromatic rings. The van der Waals surface area contributed by atoms with Gasteiger partial charge >= 0.3 is 12.1 Å². The first kappa shape index (κ1) is 24.2. The van der Waals surface area contributed by atoms with Crippen LogP contribution in [0.15, 0.2) is 36.4 Å². The van der Waals surface area contributed by atoms with Crippen molar-refractivity contribution in [1.82, 2.24) is 19.8 Å². The lowest BCUT2D eigenvalue weighted by Crippen LogP contribution is -2.60. The smallest absolute Gasteiger partial charge is 0.407 e. The Hall–Kier alpha value is -3.97. The summed E-state index contributed by atoms with van der Waals surface area (Å²) >= 11 is 1.35. The van der Waals surface area contributed by atoms with Gasteiger partial charge in [-0.3, -0.25) is 15.2 Å². The van der Waals surface area contributed by atoms with Gasteiger partial charge in [0.1, 0.15) is 0 Å². The number of thiazole rings is 1. The molecule has 0 spiro atoms. The molecule has 0 radical (unpaired) electrons. The Balaban J connectivity index is 1.67. The SMILES string of the molecule is Cc1cc(-c2sc(NC(=O)N3C[C@@H](C)N(C(=O)O)[C@@H](C)C3)nc2-c2cccc(C#N)c2)cc(C)n1. The number of urea groups is 1. The molecule has 0 unspecified atom stereocenters. The van der Waals surface area contributed by atoms with Crippen molar-refractivity contribution in [2.75, 3.05) is 18.4 Å². The Morgan fingerprint density at radius 1 is 1.09 bits per heavy atom. The number of rotatable bonds is 3. The minimum absolute atomic E-state index is 0.292. The first-order chi connectivity index (χ1) is 16.7. The topological polar surface area (TPSA) is 122 Å². The van der Waals surface area contributed by atoms with E-state index in [9.17, 15) is 20.0 Å². The van der Waals surface area contributed by atoms with E-state index in [1.54, 1.807) is 30.9 Å². The molecule has 1 fully saturated rings. The Morgan fingerprint density at radius 3 is 2.34 bits per heavy atom. The molecule has 3 amide bonds. The zero-order chi connectivity index (χ0) is 25.3. The van der Waals surface area contributed by atoms with Crippen molar-refractivity contribution in [3.63, 3.8) is 0 Å². The van der Waals surface area contributed by atoms with Crippen molar-refractivity contribution in [3.8, 4) is 27.8 Å². The standard InChI is InChI=1S/C25H26N6O3S/c1-14-8-20(9-15(2)27-14)22-21(19-7-5-6-18(10-19)11-26)28-23(35-22)29-24(32)30-12-16(3)31(25(33)34)17(4)13-30/h5-10,16-17H,12-13H2,1-4H3,(H,33,34)(H,28,29,32)/t16-,17+. The number of aryl methyl sites for hydroxylation is 2. The van der Waals surface area contributed by atoms with Gasteiger partial charge in [0.2, 0.25) is 0 Å². The van der Waals surface area contributed by atoms with Crippen molar-refractivity contribution < 1.29 is 14.7 Å². The van der Waals surface area contributed by atoms with Crippen molar-refractivity contribution in [3.05, 3.63) is 53.3 Å². The van der Waals surface area contributed by atoms with Gasteiger partial charge in [0.25, 0.3) is 0 Å². The number of nitrogens with one attached hydrogen (secondary N) is 1. The molecule has 1 aromatic carbocycles. The molecule has 180 valence electrons. The quantitative estimate of drug-likeness (QED) is 0.535. The van der Waals surface area contributed by atoms with E-state index in [0.717, 1.165) is 27.4 Å². The molecule has 1 aliphatic heterocycles. The van der Waals surface area contributed by atoms with Crippen LogP contribution in [0.2, 0.25) is 0 Å². The minimum Gasteiger partial charge on any atom is -0.465 e. The molecule has 9 nitrogen and oxygen atoms in total. The first-order valence-electron chi connectivity index (χ1n) is 11.2. The van der Waals surface area contributed by atoms with Crippen LogP contribution in [0.3, 0.4) is 0 Å². The summed E-state index contributed by atoms with van der Waals surface area (Å²) in [5, 5.41) is 22.1. The van der Waals surface area contributed by atoms with Gasteiger partial charge in [-0.25, -0.2) is 14.6 Å². The van der Waals surface area contributed by atoms with E-state index in [1.165, 1.54) is 16.2 Å². The average Bonchev–Trinajstić information content (AvgIpc) is 3.21. The number of nitrogens with zero attached hydrogens (tertiary/aromatic N) is 5. The normalized spacial score (nSPS) is 17.7. The highest BCUT2D eigenvalue weighted by Crippen LogP contribution is 2.39. The summed E-state index contributed by atoms with van der Waals surface area (Å²) in [6.07, 6.45) is -0.984. The van der Waals surface area contributed by atoms with Crippen LogP contribution < -0.4 is 5.32 Å². The zero-order valence-corrected chi connectivity index (χ0v) is 20.8. The minimum atomic E-state index is -0.984. The maximum atomic E-state index is 13.1. The summed E-state index contributed by atoms with van der Waals surface area (Å²) in [4.78, 5) is 37.7. The monoisotopic (exact) mass is 490 g/mol. The van der Waals surface area contributed by atoms with Gasteiger partial charge < -0.3 is 10.0 Å². The molecule has 0 aliphatic carbocycles. The van der Waals surface area contributed by atoms with Gasteiger partial charge in [0.05, 0.1) is 34.3 Å². The molecule has 0 bridgehead atoms. The molecular weight excluding hydrogens is 464 g/mol. The summed E-state index contributed by atoms with van der Waals surface area (Å²) in [5.41, 5.74) is 4.64. The van der Waals surface area contributed by atoms with Crippen LogP contribution in [0.25, 0.3) is 21.7 Å². The number of piperazine rings is 1. The number of carboxylic acid groups (broad SMARTS) is 1. The molecular formula is C25H26N6O3S. The molecule has 0 saturated carbocycles. The van der Waals surface area contributed by atoms with Crippen molar-refractivity contribution in [1.29, 1.82) is 5.26 Å². The number of nitriles is 1. The number of hydrogen-bond acceptors (Lipinski definition) is 6. The van der Waals surface area contributed by atoms with Crippen molar-refractivity contribution in [2.45, 2.75) is 39.8 Å². The lowest BCUT2D eigenvalue weighted by atomic mass is 10.0. The lowest BCUT2D eigenvalue weighted by molar-refractivity contribution is 0.0560. The van der Waals surface area contributed by atoms with Crippen LogP contribution in [-0.2, 0) is 0 Å². The number of pyridine rings is 1. The van der Waals surface area contributed by atoms with Crippen molar-refractivity contribution >= 4 is 28.6 Å². The molecule has 10 heteroatoms. The number of hydrogen-bond donors (Lipinski definition) is 2. The van der Waals surface area contributed by atoms with Crippen LogP contribution in [0.4, 0.5) is 14.7 Å². The van der Waals surface area contributed by atoms with Crippen LogP contribution in [0.1, 0.15) is 30.8 Å². The molecule has 35 heavy (non-hydrogen) atoms. The number of anilines is 1. The van der Waals surface area contributed by atoms with Gasteiger partial charge in [0.15, 0.2) is 5.13 Å². The van der Waals surface area contributed by atoms with E-state index in [2.05, 4.69) is 16.4 Å². The highest BCUT2D eigenvalue weighted by atomic mass is 32.1. The van der Waals surface area contributed by atoms with Gasteiger partial charge in [0, 0.05) is 30.0 Å². The van der Waals surface area contributed by atoms with Gasteiger partial charge in [-0.05, 0) is 57.5 Å². The third-order valence-electron chi connectivity index (χ3n) is 5.88. The van der Waals surface area contributed by atoms with Crippen LogP contribution >= 0.6 is 11.3 Å². The number of aromatic nitrogens is 2. The predicted molar refractivity (Wildman–Crippen MR) is 134 cm³/mol. The number of carbonyl (C=O) groups is 2. The highest BCUT2D eigenvalue weighted by molar-refractivity contribution is 7.19. The highest BCUT2D eigenvalue weighted by Gasteiger charge is 2.35. The maximum absolute atomic E-state index is 13.1. The molecule has 2 N–H and O–H groups in total. The van der Waals surface area contributed by atoms with E-state index in [0.29, 0.717) is 29.5 Å². The average molecular weight is 491 g/mol. The fraction of sp³-hybridized carbons (Fsp3) is 0.320. The van der Waals surface area contributed by atoms with E-state index < -0.39 is 6.09 Å². The van der Waals surface area contributed by atoms with Gasteiger partial charge in [-0.1, -0.05) is 23.5 Å². The second-order valence-electron chi connectivity index (χ2n) is 8.75. The summed E-state index contributed by atoms with van der Waals surface area (Å²) in [7, 11) is 0. The number of carbonyl (C=O) groups excluding carboxylic acids is 1. The van der Waals surface area contributed by atoms with E-state index >= 15 is 0 Å². The van der Waals surface area contributed by atoms with Crippen LogP contribution in [0, 0.1) is 25.2 Å². The molecule has 2 aromatic heterocycles. The Morgan fingerprint density at radius 2 is 1.74 bits per heavy atom. The second-order valence-corrected chi connectivity index (χ2v) is 9.75. The summed E-state index contributed by atoms with van der Waals surface area (Å²) in [6.45, 7) is 8.02. The second kappa shape index (κ2) is 9.72. The maximum Gasteiger partial charge on any atom is 0.407 e. The number of amides is 3. The van der Waals surface area contributed by atoms with E-state index in [1.807, 2.05) is 38.1 Å². The molecule has 1 aliphatic rings. The van der Waals surface area contributed by atoms with Gasteiger partial charge in [-0.2, -0.15) is 5.26 Å². The van der Waals surface area contributed by atoms with E-state index in [-0.39, 0.29) is 18.1 Å². The van der Waals surface area contributed by atoms with Crippen LogP contribution in [-0.4, -0.2) is 62.2 Å². The third-order valence-corrected chi connectivity index (χ3v) is 6.90. The molecule has 3 heterocycles. The molecule has 1 saturated heterocycles. The van der Waals surface area contributed by atoms with Crippen LogP contribution in [0.5, 0.6) is 0 Å². The molecule has 4 rings (SSSR count). The fourth-order valence-corrected chi connectivity index (χ4v) is 5.47. The summed E-state index contributed by atoms with van der Waals surface area (Å²) in [6, 6.07) is 12.3. The Labute approximate surface area is 207 Å². The van der Waals surface area contributed by atoms with Crippen molar-refractivity contribution in [2.24, 2.45) is 0 Å². The number of benzene rings is 1. The summed E-state index contributed by atoms with van der Waals surface area (Å²) in [5.74, 6) is 0. The lowest BCUT2D eigenvalue weighted by Gasteiger charge is -2.42.